The summed E-state index contributed by atoms with van der Waals surface area (Å²) in [7, 11) is 0. The maximum Gasteiger partial charge on any atom is 0.126 e. The van der Waals surface area contributed by atoms with Gasteiger partial charge in [0.15, 0.2) is 0 Å². The second-order valence-electron chi connectivity index (χ2n) is 3.75. The van der Waals surface area contributed by atoms with Crippen molar-refractivity contribution < 1.29 is 4.79 Å². The molecule has 0 radical (unpaired) electrons. The SMILES string of the molecule is CC(C)=O.CCCN(CCC)CCC. The number of hydrogen-bond donors (Lipinski definition) is 0. The Morgan fingerprint density at radius 2 is 1.07 bits per heavy atom. The number of carbonyl (C=O) groups is 1. The first-order valence-corrected chi connectivity index (χ1v) is 5.77. The third-order valence-electron chi connectivity index (χ3n) is 1.62. The van der Waals surface area contributed by atoms with Gasteiger partial charge in [0.05, 0.1) is 0 Å². The molecule has 0 aromatic heterocycles. The number of nitrogens with zero attached hydrogens (tertiary/aromatic N) is 1. The Labute approximate surface area is 89.7 Å². The van der Waals surface area contributed by atoms with Crippen LogP contribution in [0.25, 0.3) is 0 Å². The molecule has 0 fully saturated rings. The molecule has 2 heteroatoms. The average Bonchev–Trinajstić information content (AvgIpc) is 2.04. The first-order chi connectivity index (χ1) is 6.58. The van der Waals surface area contributed by atoms with Gasteiger partial charge in [0.1, 0.15) is 5.78 Å². The van der Waals surface area contributed by atoms with Crippen LogP contribution in [0.5, 0.6) is 0 Å². The van der Waals surface area contributed by atoms with E-state index >= 15 is 0 Å². The van der Waals surface area contributed by atoms with Crippen LogP contribution in [0.4, 0.5) is 0 Å². The van der Waals surface area contributed by atoms with Crippen LogP contribution in [0, 0.1) is 0 Å². The van der Waals surface area contributed by atoms with Crippen molar-refractivity contribution in [2.75, 3.05) is 19.6 Å². The van der Waals surface area contributed by atoms with Gasteiger partial charge in [-0.1, -0.05) is 20.8 Å². The smallest absolute Gasteiger partial charge is 0.126 e. The molecule has 0 saturated heterocycles. The minimum Gasteiger partial charge on any atom is -0.303 e. The number of carbonyl (C=O) groups excluding carboxylic acids is 1. The first-order valence-electron chi connectivity index (χ1n) is 5.77. The Kier molecular flexibility index (Phi) is 14.5. The molecule has 0 aliphatic rings. The van der Waals surface area contributed by atoms with Crippen LogP contribution in [-0.2, 0) is 4.79 Å². The van der Waals surface area contributed by atoms with Crippen molar-refractivity contribution in [2.24, 2.45) is 0 Å². The maximum atomic E-state index is 9.44. The third-order valence-corrected chi connectivity index (χ3v) is 1.62. The standard InChI is InChI=1S/C9H21N.C3H6O/c1-4-7-10(8-5-2)9-6-3;1-3(2)4/h4-9H2,1-3H3;1-2H3. The minimum absolute atomic E-state index is 0.167. The van der Waals surface area contributed by atoms with Gasteiger partial charge in [0.2, 0.25) is 0 Å². The molecule has 0 amide bonds. The number of hydrogen-bond acceptors (Lipinski definition) is 2. The molecule has 0 rings (SSSR count). The van der Waals surface area contributed by atoms with Crippen LogP contribution >= 0.6 is 0 Å². The monoisotopic (exact) mass is 201 g/mol. The second-order valence-corrected chi connectivity index (χ2v) is 3.75. The van der Waals surface area contributed by atoms with E-state index in [1.807, 2.05) is 0 Å². The fourth-order valence-corrected chi connectivity index (χ4v) is 1.28. The molecular formula is C12H27NO. The lowest BCUT2D eigenvalue weighted by molar-refractivity contribution is -0.114. The summed E-state index contributed by atoms with van der Waals surface area (Å²) in [5, 5.41) is 0. The molecule has 0 N–H and O–H groups in total. The lowest BCUT2D eigenvalue weighted by Crippen LogP contribution is -2.25. The Bertz CT molecular complexity index is 105. The fraction of sp³-hybridized carbons (Fsp3) is 0.917. The number of Topliss-reactive ketones (excluding diaryl/α,β-unsaturated/α-hetero) is 1. The quantitative estimate of drug-likeness (QED) is 0.658. The van der Waals surface area contributed by atoms with Gasteiger partial charge in [0, 0.05) is 0 Å². The molecule has 0 aliphatic carbocycles. The molecule has 14 heavy (non-hydrogen) atoms. The van der Waals surface area contributed by atoms with E-state index in [1.54, 1.807) is 0 Å². The van der Waals surface area contributed by atoms with Gasteiger partial charge in [-0.15, -0.1) is 0 Å². The van der Waals surface area contributed by atoms with E-state index < -0.39 is 0 Å². The van der Waals surface area contributed by atoms with Crippen molar-refractivity contribution in [1.82, 2.24) is 4.90 Å². The summed E-state index contributed by atoms with van der Waals surface area (Å²) in [5.74, 6) is 0.167. The van der Waals surface area contributed by atoms with E-state index in [2.05, 4.69) is 25.7 Å². The van der Waals surface area contributed by atoms with Gasteiger partial charge in [-0.3, -0.25) is 0 Å². The van der Waals surface area contributed by atoms with Crippen molar-refractivity contribution in [3.63, 3.8) is 0 Å². The Hall–Kier alpha value is -0.370. The summed E-state index contributed by atoms with van der Waals surface area (Å²) in [4.78, 5) is 12.0. The first kappa shape index (κ1) is 16.1. The summed E-state index contributed by atoms with van der Waals surface area (Å²) in [6.45, 7) is 13.6. The largest absolute Gasteiger partial charge is 0.303 e. The molecule has 0 bridgehead atoms. The van der Waals surface area contributed by atoms with Crippen LogP contribution in [0.2, 0.25) is 0 Å². The van der Waals surface area contributed by atoms with E-state index in [0.29, 0.717) is 0 Å². The molecule has 0 saturated carbocycles. The molecule has 0 aromatic rings. The molecule has 0 unspecified atom stereocenters. The lowest BCUT2D eigenvalue weighted by atomic mass is 10.3. The Morgan fingerprint density at radius 1 is 0.857 bits per heavy atom. The molecule has 86 valence electrons. The summed E-state index contributed by atoms with van der Waals surface area (Å²) in [5.41, 5.74) is 0. The molecule has 0 atom stereocenters. The van der Waals surface area contributed by atoms with Crippen molar-refractivity contribution in [1.29, 1.82) is 0 Å². The molecular weight excluding hydrogens is 174 g/mol. The van der Waals surface area contributed by atoms with Gasteiger partial charge in [0.25, 0.3) is 0 Å². The Balaban J connectivity index is 0. The van der Waals surface area contributed by atoms with Gasteiger partial charge >= 0.3 is 0 Å². The van der Waals surface area contributed by atoms with E-state index in [4.69, 9.17) is 0 Å². The third kappa shape index (κ3) is 17.6. The number of ketones is 1. The van der Waals surface area contributed by atoms with Gasteiger partial charge in [-0.05, 0) is 52.7 Å². The summed E-state index contributed by atoms with van der Waals surface area (Å²) in [6, 6.07) is 0. The predicted octanol–water partition coefficient (Wildman–Crippen LogP) is 3.11. The van der Waals surface area contributed by atoms with E-state index in [0.717, 1.165) is 0 Å². The minimum atomic E-state index is 0.167. The topological polar surface area (TPSA) is 20.3 Å². The van der Waals surface area contributed by atoms with Crippen LogP contribution < -0.4 is 0 Å². The van der Waals surface area contributed by atoms with Crippen LogP contribution in [-0.4, -0.2) is 30.3 Å². The summed E-state index contributed by atoms with van der Waals surface area (Å²) < 4.78 is 0. The number of rotatable bonds is 6. The molecule has 2 nitrogen and oxygen atoms in total. The van der Waals surface area contributed by atoms with Crippen LogP contribution in [0.3, 0.4) is 0 Å². The highest BCUT2D eigenvalue weighted by atomic mass is 16.1. The molecule has 0 heterocycles. The normalized spacial score (nSPS) is 9.57. The van der Waals surface area contributed by atoms with Crippen LogP contribution in [0.15, 0.2) is 0 Å². The summed E-state index contributed by atoms with van der Waals surface area (Å²) >= 11 is 0. The highest BCUT2D eigenvalue weighted by Crippen LogP contribution is 1.94. The van der Waals surface area contributed by atoms with Crippen molar-refractivity contribution in [2.45, 2.75) is 53.9 Å². The highest BCUT2D eigenvalue weighted by Gasteiger charge is 1.98. The van der Waals surface area contributed by atoms with Crippen molar-refractivity contribution in [3.8, 4) is 0 Å². The van der Waals surface area contributed by atoms with E-state index in [9.17, 15) is 4.79 Å². The van der Waals surface area contributed by atoms with Crippen molar-refractivity contribution in [3.05, 3.63) is 0 Å². The zero-order valence-corrected chi connectivity index (χ0v) is 10.6. The maximum absolute atomic E-state index is 9.44. The van der Waals surface area contributed by atoms with Crippen molar-refractivity contribution >= 4 is 5.78 Å². The Morgan fingerprint density at radius 3 is 1.21 bits per heavy atom. The highest BCUT2D eigenvalue weighted by molar-refractivity contribution is 5.72. The predicted molar refractivity (Wildman–Crippen MR) is 63.7 cm³/mol. The van der Waals surface area contributed by atoms with Gasteiger partial charge < -0.3 is 9.69 Å². The molecule has 0 aliphatic heterocycles. The average molecular weight is 201 g/mol. The zero-order chi connectivity index (χ0) is 11.4. The van der Waals surface area contributed by atoms with Gasteiger partial charge in [-0.25, -0.2) is 0 Å². The second kappa shape index (κ2) is 12.6. The molecule has 0 spiro atoms. The van der Waals surface area contributed by atoms with E-state index in [1.165, 1.54) is 52.7 Å². The summed E-state index contributed by atoms with van der Waals surface area (Å²) in [6.07, 6.45) is 3.88. The lowest BCUT2D eigenvalue weighted by Gasteiger charge is -2.19. The van der Waals surface area contributed by atoms with Crippen LogP contribution in [0.1, 0.15) is 53.9 Å². The van der Waals surface area contributed by atoms with E-state index in [-0.39, 0.29) is 5.78 Å². The zero-order valence-electron chi connectivity index (χ0n) is 10.6. The molecule has 0 aromatic carbocycles. The van der Waals surface area contributed by atoms with Gasteiger partial charge in [-0.2, -0.15) is 0 Å². The fourth-order valence-electron chi connectivity index (χ4n) is 1.28.